The van der Waals surface area contributed by atoms with E-state index >= 15 is 0 Å². The number of thioether (sulfide) groups is 1. The highest BCUT2D eigenvalue weighted by Gasteiger charge is 2.35. The SMILES string of the molecule is CC1CN(S(=O)(=O)c2cccc(F)c2[N+](=O)[O-])CCS1. The highest BCUT2D eigenvalue weighted by atomic mass is 32.2. The molecule has 0 aromatic heterocycles. The highest BCUT2D eigenvalue weighted by molar-refractivity contribution is 8.00. The fourth-order valence-electron chi connectivity index (χ4n) is 2.02. The minimum absolute atomic E-state index is 0.103. The van der Waals surface area contributed by atoms with Crippen molar-refractivity contribution in [3.05, 3.63) is 34.1 Å². The molecule has 0 aliphatic carbocycles. The number of hydrogen-bond acceptors (Lipinski definition) is 5. The zero-order chi connectivity index (χ0) is 14.9. The van der Waals surface area contributed by atoms with Crippen molar-refractivity contribution in [2.24, 2.45) is 0 Å². The Morgan fingerprint density at radius 3 is 2.80 bits per heavy atom. The summed E-state index contributed by atoms with van der Waals surface area (Å²) in [6.45, 7) is 2.41. The molecule has 2 rings (SSSR count). The monoisotopic (exact) mass is 320 g/mol. The summed E-state index contributed by atoms with van der Waals surface area (Å²) in [5.74, 6) is -0.528. The first-order valence-corrected chi connectivity index (χ1v) is 8.37. The van der Waals surface area contributed by atoms with Crippen LogP contribution in [-0.4, -0.2) is 41.7 Å². The van der Waals surface area contributed by atoms with Crippen molar-refractivity contribution in [2.45, 2.75) is 17.1 Å². The molecule has 6 nitrogen and oxygen atoms in total. The van der Waals surface area contributed by atoms with Gasteiger partial charge in [-0.2, -0.15) is 20.5 Å². The van der Waals surface area contributed by atoms with Crippen LogP contribution >= 0.6 is 11.8 Å². The van der Waals surface area contributed by atoms with E-state index in [0.29, 0.717) is 5.75 Å². The highest BCUT2D eigenvalue weighted by Crippen LogP contribution is 2.31. The van der Waals surface area contributed by atoms with Gasteiger partial charge in [0.25, 0.3) is 0 Å². The average Bonchev–Trinajstić information content (AvgIpc) is 2.38. The predicted octanol–water partition coefficient (Wildman–Crippen LogP) is 1.86. The topological polar surface area (TPSA) is 80.5 Å². The lowest BCUT2D eigenvalue weighted by Crippen LogP contribution is -2.41. The van der Waals surface area contributed by atoms with Gasteiger partial charge in [0, 0.05) is 24.1 Å². The van der Waals surface area contributed by atoms with Gasteiger partial charge in [0.1, 0.15) is 0 Å². The van der Waals surface area contributed by atoms with E-state index < -0.39 is 31.3 Å². The maximum absolute atomic E-state index is 13.5. The Bertz CT molecular complexity index is 635. The van der Waals surface area contributed by atoms with Gasteiger partial charge in [0.15, 0.2) is 4.90 Å². The Labute approximate surface area is 120 Å². The summed E-state index contributed by atoms with van der Waals surface area (Å²) in [7, 11) is -4.05. The van der Waals surface area contributed by atoms with E-state index in [2.05, 4.69) is 0 Å². The number of nitro benzene ring substituents is 1. The molecule has 1 heterocycles. The van der Waals surface area contributed by atoms with Crippen LogP contribution in [0.2, 0.25) is 0 Å². The molecule has 0 radical (unpaired) electrons. The molecule has 1 atom stereocenters. The molecule has 9 heteroatoms. The van der Waals surface area contributed by atoms with Crippen molar-refractivity contribution >= 4 is 27.5 Å². The first kappa shape index (κ1) is 15.2. The van der Waals surface area contributed by atoms with Crippen molar-refractivity contribution in [1.29, 1.82) is 0 Å². The third kappa shape index (κ3) is 2.79. The fourth-order valence-corrected chi connectivity index (χ4v) is 4.94. The second-order valence-electron chi connectivity index (χ2n) is 4.39. The van der Waals surface area contributed by atoms with Gasteiger partial charge in [0.05, 0.1) is 4.92 Å². The Hall–Kier alpha value is -1.19. The average molecular weight is 320 g/mol. The first-order valence-electron chi connectivity index (χ1n) is 5.88. The lowest BCUT2D eigenvalue weighted by Gasteiger charge is -2.29. The van der Waals surface area contributed by atoms with Crippen LogP contribution in [0.25, 0.3) is 0 Å². The fraction of sp³-hybridized carbons (Fsp3) is 0.455. The molecule has 0 amide bonds. The quantitative estimate of drug-likeness (QED) is 0.627. The minimum atomic E-state index is -4.05. The summed E-state index contributed by atoms with van der Waals surface area (Å²) < 4.78 is 39.6. The first-order chi connectivity index (χ1) is 9.34. The number of para-hydroxylation sites is 1. The molecule has 1 aromatic carbocycles. The molecule has 110 valence electrons. The maximum atomic E-state index is 13.5. The van der Waals surface area contributed by atoms with E-state index in [1.165, 1.54) is 4.31 Å². The number of hydrogen-bond donors (Lipinski definition) is 0. The molecule has 0 N–H and O–H groups in total. The summed E-state index contributed by atoms with van der Waals surface area (Å²) in [6, 6.07) is 3.12. The van der Waals surface area contributed by atoms with Gasteiger partial charge in [0.2, 0.25) is 15.8 Å². The van der Waals surface area contributed by atoms with Crippen LogP contribution in [0.3, 0.4) is 0 Å². The summed E-state index contributed by atoms with van der Waals surface area (Å²) >= 11 is 1.63. The summed E-state index contributed by atoms with van der Waals surface area (Å²) in [5, 5.41) is 11.0. The van der Waals surface area contributed by atoms with E-state index in [0.717, 1.165) is 18.2 Å². The standard InChI is InChI=1S/C11H13FN2O4S2/c1-8-7-13(5-6-19-8)20(17,18)10-4-2-3-9(12)11(10)14(15)16/h2-4,8H,5-7H2,1H3. The van der Waals surface area contributed by atoms with Crippen LogP contribution in [0, 0.1) is 15.9 Å². The Kier molecular flexibility index (Phi) is 4.31. The molecule has 1 aliphatic rings. The molecule has 0 saturated carbocycles. The predicted molar refractivity (Wildman–Crippen MR) is 73.7 cm³/mol. The van der Waals surface area contributed by atoms with Crippen LogP contribution in [-0.2, 0) is 10.0 Å². The largest absolute Gasteiger partial charge is 0.324 e. The zero-order valence-electron chi connectivity index (χ0n) is 10.7. The zero-order valence-corrected chi connectivity index (χ0v) is 12.3. The van der Waals surface area contributed by atoms with Crippen LogP contribution < -0.4 is 0 Å². The second-order valence-corrected chi connectivity index (χ2v) is 7.84. The number of benzene rings is 1. The van der Waals surface area contributed by atoms with Crippen LogP contribution in [0.1, 0.15) is 6.92 Å². The number of nitro groups is 1. The molecule has 0 spiro atoms. The lowest BCUT2D eigenvalue weighted by molar-refractivity contribution is -0.390. The molecule has 1 aromatic rings. The lowest BCUT2D eigenvalue weighted by atomic mass is 10.3. The van der Waals surface area contributed by atoms with Crippen LogP contribution in [0.5, 0.6) is 0 Å². The van der Waals surface area contributed by atoms with Gasteiger partial charge in [-0.3, -0.25) is 10.1 Å². The van der Waals surface area contributed by atoms with Gasteiger partial charge in [-0.15, -0.1) is 0 Å². The van der Waals surface area contributed by atoms with E-state index in [1.54, 1.807) is 11.8 Å². The van der Waals surface area contributed by atoms with E-state index in [1.807, 2.05) is 6.92 Å². The Morgan fingerprint density at radius 1 is 1.50 bits per heavy atom. The van der Waals surface area contributed by atoms with Crippen LogP contribution in [0.4, 0.5) is 10.1 Å². The molecule has 20 heavy (non-hydrogen) atoms. The van der Waals surface area contributed by atoms with Crippen molar-refractivity contribution in [2.75, 3.05) is 18.8 Å². The minimum Gasteiger partial charge on any atom is -0.258 e. The van der Waals surface area contributed by atoms with E-state index in [-0.39, 0.29) is 18.3 Å². The normalized spacial score (nSPS) is 20.8. The molecular formula is C11H13FN2O4S2. The third-order valence-electron chi connectivity index (χ3n) is 2.95. The number of nitrogens with zero attached hydrogens (tertiary/aromatic N) is 2. The van der Waals surface area contributed by atoms with Gasteiger partial charge >= 0.3 is 5.69 Å². The molecule has 1 saturated heterocycles. The number of halogens is 1. The van der Waals surface area contributed by atoms with Crippen molar-refractivity contribution in [1.82, 2.24) is 4.31 Å². The van der Waals surface area contributed by atoms with Crippen molar-refractivity contribution in [3.63, 3.8) is 0 Å². The second kappa shape index (κ2) is 5.66. The van der Waals surface area contributed by atoms with Crippen molar-refractivity contribution in [3.8, 4) is 0 Å². The maximum Gasteiger partial charge on any atom is 0.324 e. The molecule has 1 unspecified atom stereocenters. The smallest absolute Gasteiger partial charge is 0.258 e. The Balaban J connectivity index is 2.49. The van der Waals surface area contributed by atoms with Gasteiger partial charge < -0.3 is 0 Å². The van der Waals surface area contributed by atoms with Gasteiger partial charge in [-0.1, -0.05) is 13.0 Å². The van der Waals surface area contributed by atoms with E-state index in [4.69, 9.17) is 0 Å². The van der Waals surface area contributed by atoms with E-state index in [9.17, 15) is 22.9 Å². The molecule has 0 bridgehead atoms. The summed E-state index contributed by atoms with van der Waals surface area (Å²) in [5.41, 5.74) is -0.988. The number of rotatable bonds is 3. The van der Waals surface area contributed by atoms with Crippen molar-refractivity contribution < 1.29 is 17.7 Å². The Morgan fingerprint density at radius 2 is 2.20 bits per heavy atom. The molecular weight excluding hydrogens is 307 g/mol. The third-order valence-corrected chi connectivity index (χ3v) is 5.99. The molecule has 1 fully saturated rings. The van der Waals surface area contributed by atoms with Crippen LogP contribution in [0.15, 0.2) is 23.1 Å². The van der Waals surface area contributed by atoms with Gasteiger partial charge in [-0.25, -0.2) is 8.42 Å². The molecule has 1 aliphatic heterocycles. The van der Waals surface area contributed by atoms with Gasteiger partial charge in [-0.05, 0) is 12.1 Å². The summed E-state index contributed by atoms with van der Waals surface area (Å²) in [6.07, 6.45) is 0. The summed E-state index contributed by atoms with van der Waals surface area (Å²) in [4.78, 5) is 9.34. The number of sulfonamides is 1.